The van der Waals surface area contributed by atoms with Gasteiger partial charge in [-0.05, 0) is 12.8 Å². The van der Waals surface area contributed by atoms with Crippen molar-refractivity contribution in [3.8, 4) is 0 Å². The molecular weight excluding hydrogens is 154 g/mol. The minimum absolute atomic E-state index is 0.0651. The summed E-state index contributed by atoms with van der Waals surface area (Å²) in [5.41, 5.74) is 0. The van der Waals surface area contributed by atoms with Gasteiger partial charge in [-0.15, -0.1) is 0 Å². The lowest BCUT2D eigenvalue weighted by Gasteiger charge is -1.98. The molecule has 1 saturated heterocycles. The van der Waals surface area contributed by atoms with Crippen LogP contribution in [0.5, 0.6) is 0 Å². The zero-order valence-corrected chi connectivity index (χ0v) is 7.80. The smallest absolute Gasteiger partial charge is 0.251 e. The summed E-state index contributed by atoms with van der Waals surface area (Å²) in [4.78, 5) is 11.2. The van der Waals surface area contributed by atoms with E-state index < -0.39 is 0 Å². The second kappa shape index (κ2) is 4.45. The van der Waals surface area contributed by atoms with Crippen LogP contribution in [-0.4, -0.2) is 24.7 Å². The molecule has 1 N–H and O–H groups in total. The van der Waals surface area contributed by atoms with Gasteiger partial charge in [0, 0.05) is 6.54 Å². The van der Waals surface area contributed by atoms with E-state index in [4.69, 9.17) is 4.74 Å². The molecule has 0 radical (unpaired) electrons. The highest BCUT2D eigenvalue weighted by molar-refractivity contribution is 5.83. The number of amides is 1. The van der Waals surface area contributed by atoms with Gasteiger partial charge in [0.05, 0.1) is 6.10 Å². The van der Waals surface area contributed by atoms with Crippen LogP contribution in [-0.2, 0) is 9.53 Å². The first-order valence-electron chi connectivity index (χ1n) is 4.72. The molecule has 0 saturated carbocycles. The highest BCUT2D eigenvalue weighted by Gasteiger charge is 2.43. The van der Waals surface area contributed by atoms with Crippen LogP contribution >= 0.6 is 0 Å². The van der Waals surface area contributed by atoms with Crippen LogP contribution in [0.25, 0.3) is 0 Å². The zero-order chi connectivity index (χ0) is 8.97. The molecule has 1 aliphatic heterocycles. The van der Waals surface area contributed by atoms with E-state index in [2.05, 4.69) is 12.2 Å². The van der Waals surface area contributed by atoms with Gasteiger partial charge in [-0.1, -0.05) is 20.3 Å². The van der Waals surface area contributed by atoms with Crippen molar-refractivity contribution in [1.82, 2.24) is 5.32 Å². The molecule has 0 bridgehead atoms. The molecule has 1 aliphatic rings. The SMILES string of the molecule is CCCNC(=O)[C@H]1O[C@@H]1CCC. The van der Waals surface area contributed by atoms with Crippen molar-refractivity contribution in [1.29, 1.82) is 0 Å². The van der Waals surface area contributed by atoms with Gasteiger partial charge in [-0.25, -0.2) is 0 Å². The van der Waals surface area contributed by atoms with Crippen molar-refractivity contribution >= 4 is 5.91 Å². The minimum atomic E-state index is -0.142. The van der Waals surface area contributed by atoms with Crippen LogP contribution in [0, 0.1) is 0 Å². The van der Waals surface area contributed by atoms with Crippen LogP contribution in [0.2, 0.25) is 0 Å². The molecule has 0 aromatic rings. The number of rotatable bonds is 5. The Morgan fingerprint density at radius 3 is 2.75 bits per heavy atom. The molecule has 0 aliphatic carbocycles. The maximum Gasteiger partial charge on any atom is 0.251 e. The summed E-state index contributed by atoms with van der Waals surface area (Å²) in [5, 5.41) is 2.82. The van der Waals surface area contributed by atoms with Crippen LogP contribution in [0.1, 0.15) is 33.1 Å². The molecule has 0 unspecified atom stereocenters. The quantitative estimate of drug-likeness (QED) is 0.629. The summed E-state index contributed by atoms with van der Waals surface area (Å²) in [6, 6.07) is 0. The van der Waals surface area contributed by atoms with Gasteiger partial charge >= 0.3 is 0 Å². The van der Waals surface area contributed by atoms with Gasteiger partial charge in [-0.3, -0.25) is 4.79 Å². The average Bonchev–Trinajstić information content (AvgIpc) is 2.80. The molecule has 12 heavy (non-hydrogen) atoms. The van der Waals surface area contributed by atoms with Crippen LogP contribution < -0.4 is 5.32 Å². The predicted octanol–water partition coefficient (Wildman–Crippen LogP) is 1.08. The topological polar surface area (TPSA) is 41.6 Å². The lowest BCUT2D eigenvalue weighted by molar-refractivity contribution is -0.122. The first-order valence-corrected chi connectivity index (χ1v) is 4.72. The fraction of sp³-hybridized carbons (Fsp3) is 0.889. The normalized spacial score (nSPS) is 26.8. The van der Waals surface area contributed by atoms with Gasteiger partial charge < -0.3 is 10.1 Å². The van der Waals surface area contributed by atoms with Crippen molar-refractivity contribution in [3.05, 3.63) is 0 Å². The van der Waals surface area contributed by atoms with E-state index in [0.29, 0.717) is 0 Å². The third-order valence-electron chi connectivity index (χ3n) is 1.96. The molecule has 0 spiro atoms. The largest absolute Gasteiger partial charge is 0.359 e. The Hall–Kier alpha value is -0.570. The second-order valence-electron chi connectivity index (χ2n) is 3.17. The second-order valence-corrected chi connectivity index (χ2v) is 3.17. The summed E-state index contributed by atoms with van der Waals surface area (Å²) in [6.07, 6.45) is 3.13. The number of carbonyl (C=O) groups excluding carboxylic acids is 1. The Morgan fingerprint density at radius 2 is 2.17 bits per heavy atom. The summed E-state index contributed by atoms with van der Waals surface area (Å²) in [7, 11) is 0. The Bertz CT molecular complexity index is 159. The molecule has 1 amide bonds. The van der Waals surface area contributed by atoms with Crippen LogP contribution in [0.3, 0.4) is 0 Å². The van der Waals surface area contributed by atoms with Crippen LogP contribution in [0.4, 0.5) is 0 Å². The highest BCUT2D eigenvalue weighted by Crippen LogP contribution is 2.26. The third kappa shape index (κ3) is 2.48. The van der Waals surface area contributed by atoms with Crippen molar-refractivity contribution in [2.24, 2.45) is 0 Å². The Balaban J connectivity index is 2.11. The predicted molar refractivity (Wildman–Crippen MR) is 46.9 cm³/mol. The molecular formula is C9H17NO2. The summed E-state index contributed by atoms with van der Waals surface area (Å²) < 4.78 is 5.20. The average molecular weight is 171 g/mol. The van der Waals surface area contributed by atoms with Crippen molar-refractivity contribution in [3.63, 3.8) is 0 Å². The number of hydrogen-bond donors (Lipinski definition) is 1. The van der Waals surface area contributed by atoms with Gasteiger partial charge in [0.25, 0.3) is 5.91 Å². The lowest BCUT2D eigenvalue weighted by atomic mass is 10.2. The summed E-state index contributed by atoms with van der Waals surface area (Å²) in [6.45, 7) is 4.90. The Labute approximate surface area is 73.5 Å². The zero-order valence-electron chi connectivity index (χ0n) is 7.80. The van der Waals surface area contributed by atoms with Gasteiger partial charge in [0.1, 0.15) is 0 Å². The van der Waals surface area contributed by atoms with Crippen molar-refractivity contribution < 1.29 is 9.53 Å². The number of nitrogens with one attached hydrogen (secondary N) is 1. The molecule has 0 aromatic heterocycles. The van der Waals surface area contributed by atoms with Crippen molar-refractivity contribution in [2.45, 2.75) is 45.3 Å². The molecule has 1 rings (SSSR count). The number of hydrogen-bond acceptors (Lipinski definition) is 2. The summed E-state index contributed by atoms with van der Waals surface area (Å²) in [5.74, 6) is 0.0651. The van der Waals surface area contributed by atoms with E-state index in [1.165, 1.54) is 0 Å². The minimum Gasteiger partial charge on any atom is -0.359 e. The standard InChI is InChI=1S/C9H17NO2/c1-3-5-7-8(12-7)9(11)10-6-4-2/h7-8H,3-6H2,1-2H3,(H,10,11)/t7-,8+/m1/s1. The maximum absolute atomic E-state index is 11.2. The molecule has 70 valence electrons. The van der Waals surface area contributed by atoms with Gasteiger partial charge in [0.2, 0.25) is 0 Å². The molecule has 0 aromatic carbocycles. The maximum atomic E-state index is 11.2. The highest BCUT2D eigenvalue weighted by atomic mass is 16.6. The van der Waals surface area contributed by atoms with E-state index in [1.807, 2.05) is 6.92 Å². The number of ether oxygens (including phenoxy) is 1. The fourth-order valence-corrected chi connectivity index (χ4v) is 1.23. The number of carbonyl (C=O) groups is 1. The Morgan fingerprint density at radius 1 is 1.42 bits per heavy atom. The summed E-state index contributed by atoms with van der Waals surface area (Å²) >= 11 is 0. The third-order valence-corrected chi connectivity index (χ3v) is 1.96. The lowest BCUT2D eigenvalue weighted by Crippen LogP contribution is -2.29. The van der Waals surface area contributed by atoms with Crippen molar-refractivity contribution in [2.75, 3.05) is 6.54 Å². The molecule has 1 fully saturated rings. The monoisotopic (exact) mass is 171 g/mol. The fourth-order valence-electron chi connectivity index (χ4n) is 1.23. The van der Waals surface area contributed by atoms with Crippen LogP contribution in [0.15, 0.2) is 0 Å². The van der Waals surface area contributed by atoms with E-state index in [1.54, 1.807) is 0 Å². The first kappa shape index (κ1) is 9.52. The van der Waals surface area contributed by atoms with Gasteiger partial charge in [-0.2, -0.15) is 0 Å². The van der Waals surface area contributed by atoms with E-state index in [0.717, 1.165) is 25.8 Å². The molecule has 2 atom stereocenters. The first-order chi connectivity index (χ1) is 5.79. The van der Waals surface area contributed by atoms with E-state index in [9.17, 15) is 4.79 Å². The molecule has 1 heterocycles. The molecule has 3 heteroatoms. The van der Waals surface area contributed by atoms with Gasteiger partial charge in [0.15, 0.2) is 6.10 Å². The Kier molecular flexibility index (Phi) is 3.53. The number of epoxide rings is 1. The molecule has 3 nitrogen and oxygen atoms in total. The van der Waals surface area contributed by atoms with E-state index in [-0.39, 0.29) is 18.1 Å². The van der Waals surface area contributed by atoms with E-state index >= 15 is 0 Å².